The van der Waals surface area contributed by atoms with Crippen molar-refractivity contribution in [1.29, 1.82) is 0 Å². The summed E-state index contributed by atoms with van der Waals surface area (Å²) in [6.45, 7) is 3.95. The van der Waals surface area contributed by atoms with Crippen LogP contribution in [0.3, 0.4) is 0 Å². The second-order valence-corrected chi connectivity index (χ2v) is 7.09. The minimum absolute atomic E-state index is 0.131. The number of aliphatic hydroxyl groups is 1. The molecule has 1 saturated carbocycles. The van der Waals surface area contributed by atoms with Gasteiger partial charge in [-0.15, -0.1) is 0 Å². The van der Waals surface area contributed by atoms with Crippen LogP contribution in [0.15, 0.2) is 12.1 Å². The molecule has 1 N–H and O–H groups in total. The normalized spacial score (nSPS) is 22.7. The highest BCUT2D eigenvalue weighted by atomic mass is 19.2. The molecule has 0 heterocycles. The van der Waals surface area contributed by atoms with E-state index in [4.69, 9.17) is 4.74 Å². The first-order chi connectivity index (χ1) is 12.4. The van der Waals surface area contributed by atoms with Crippen LogP contribution >= 0.6 is 0 Å². The van der Waals surface area contributed by atoms with Crippen LogP contribution in [0.25, 0.3) is 0 Å². The highest BCUT2D eigenvalue weighted by molar-refractivity contribution is 5.73. The third-order valence-corrected chi connectivity index (χ3v) is 5.34. The Morgan fingerprint density at radius 3 is 2.23 bits per heavy atom. The van der Waals surface area contributed by atoms with Crippen molar-refractivity contribution in [2.75, 3.05) is 6.61 Å². The Morgan fingerprint density at radius 2 is 1.73 bits per heavy atom. The zero-order valence-electron chi connectivity index (χ0n) is 15.3. The molecule has 146 valence electrons. The lowest BCUT2D eigenvalue weighted by Crippen LogP contribution is -2.34. The van der Waals surface area contributed by atoms with Gasteiger partial charge in [0.2, 0.25) is 0 Å². The van der Waals surface area contributed by atoms with Crippen molar-refractivity contribution in [1.82, 2.24) is 0 Å². The minimum atomic E-state index is -1.59. The second-order valence-electron chi connectivity index (χ2n) is 7.09. The van der Waals surface area contributed by atoms with Gasteiger partial charge in [0, 0.05) is 0 Å². The van der Waals surface area contributed by atoms with Crippen molar-refractivity contribution in [3.63, 3.8) is 0 Å². The molecule has 1 aromatic rings. The fourth-order valence-corrected chi connectivity index (χ4v) is 4.02. The van der Waals surface area contributed by atoms with Crippen molar-refractivity contribution in [3.05, 3.63) is 35.1 Å². The van der Waals surface area contributed by atoms with E-state index < -0.39 is 35.4 Å². The third kappa shape index (κ3) is 4.78. The van der Waals surface area contributed by atoms with Gasteiger partial charge in [0.25, 0.3) is 0 Å². The van der Waals surface area contributed by atoms with Crippen LogP contribution in [0.5, 0.6) is 0 Å². The van der Waals surface area contributed by atoms with Crippen LogP contribution in [0.4, 0.5) is 13.2 Å². The number of carbonyl (C=O) groups is 1. The minimum Gasteiger partial charge on any atom is -0.466 e. The second kappa shape index (κ2) is 9.40. The molecule has 2 atom stereocenters. The number of carbonyl (C=O) groups excluding carboxylic acids is 1. The zero-order chi connectivity index (χ0) is 19.3. The highest BCUT2D eigenvalue weighted by Gasteiger charge is 2.39. The summed E-state index contributed by atoms with van der Waals surface area (Å²) in [6, 6.07) is 1.50. The van der Waals surface area contributed by atoms with E-state index >= 15 is 0 Å². The van der Waals surface area contributed by atoms with Gasteiger partial charge in [-0.3, -0.25) is 4.79 Å². The molecule has 0 aromatic heterocycles. The topological polar surface area (TPSA) is 46.5 Å². The molecule has 1 aliphatic carbocycles. The van der Waals surface area contributed by atoms with Gasteiger partial charge in [-0.25, -0.2) is 13.2 Å². The lowest BCUT2D eigenvalue weighted by molar-refractivity contribution is -0.156. The highest BCUT2D eigenvalue weighted by Crippen LogP contribution is 2.41. The molecule has 1 aliphatic rings. The molecular weight excluding hydrogens is 345 g/mol. The van der Waals surface area contributed by atoms with E-state index in [1.807, 2.05) is 0 Å². The fraction of sp³-hybridized carbons (Fsp3) is 0.650. The summed E-state index contributed by atoms with van der Waals surface area (Å²) in [7, 11) is 0. The number of hydrogen-bond donors (Lipinski definition) is 1. The van der Waals surface area contributed by atoms with Gasteiger partial charge in [0.15, 0.2) is 17.5 Å². The van der Waals surface area contributed by atoms with Gasteiger partial charge < -0.3 is 9.84 Å². The Kier molecular flexibility index (Phi) is 7.50. The largest absolute Gasteiger partial charge is 0.466 e. The molecule has 0 bridgehead atoms. The van der Waals surface area contributed by atoms with Gasteiger partial charge in [-0.2, -0.15) is 0 Å². The summed E-state index contributed by atoms with van der Waals surface area (Å²) >= 11 is 0. The van der Waals surface area contributed by atoms with E-state index in [0.717, 1.165) is 50.7 Å². The molecule has 0 amide bonds. The molecule has 0 saturated heterocycles. The van der Waals surface area contributed by atoms with Crippen LogP contribution < -0.4 is 0 Å². The van der Waals surface area contributed by atoms with E-state index in [2.05, 4.69) is 6.92 Å². The Bertz CT molecular complexity index is 589. The molecule has 6 heteroatoms. The molecule has 0 spiro atoms. The Balaban J connectivity index is 2.23. The number of ether oxygens (including phenoxy) is 1. The average molecular weight is 372 g/mol. The molecule has 2 unspecified atom stereocenters. The van der Waals surface area contributed by atoms with Crippen molar-refractivity contribution in [2.24, 2.45) is 17.8 Å². The van der Waals surface area contributed by atoms with Gasteiger partial charge in [-0.05, 0) is 49.3 Å². The monoisotopic (exact) mass is 372 g/mol. The van der Waals surface area contributed by atoms with Crippen molar-refractivity contribution >= 4 is 5.97 Å². The average Bonchev–Trinajstić information content (AvgIpc) is 2.61. The van der Waals surface area contributed by atoms with Gasteiger partial charge >= 0.3 is 5.97 Å². The first-order valence-corrected chi connectivity index (χ1v) is 9.38. The fourth-order valence-electron chi connectivity index (χ4n) is 4.02. The van der Waals surface area contributed by atoms with Gasteiger partial charge in [-0.1, -0.05) is 32.6 Å². The van der Waals surface area contributed by atoms with Crippen LogP contribution in [0.2, 0.25) is 0 Å². The summed E-state index contributed by atoms with van der Waals surface area (Å²) in [4.78, 5) is 12.5. The van der Waals surface area contributed by atoms with Gasteiger partial charge in [0.1, 0.15) is 0 Å². The Labute approximate surface area is 152 Å². The Morgan fingerprint density at radius 1 is 1.15 bits per heavy atom. The smallest absolute Gasteiger partial charge is 0.312 e. The van der Waals surface area contributed by atoms with Crippen LogP contribution in [-0.2, 0) is 9.53 Å². The van der Waals surface area contributed by atoms with E-state index in [1.165, 1.54) is 0 Å². The van der Waals surface area contributed by atoms with Crippen molar-refractivity contribution in [2.45, 2.75) is 58.5 Å². The van der Waals surface area contributed by atoms with E-state index in [9.17, 15) is 23.1 Å². The summed E-state index contributed by atoms with van der Waals surface area (Å²) in [5, 5.41) is 10.7. The molecule has 1 fully saturated rings. The van der Waals surface area contributed by atoms with Crippen molar-refractivity contribution in [3.8, 4) is 0 Å². The number of benzene rings is 1. The lowest BCUT2D eigenvalue weighted by Gasteiger charge is -2.35. The number of halogens is 3. The predicted molar refractivity (Wildman–Crippen MR) is 91.8 cm³/mol. The number of rotatable bonds is 7. The Hall–Kier alpha value is -1.56. The maximum absolute atomic E-state index is 13.5. The molecule has 26 heavy (non-hydrogen) atoms. The summed E-state index contributed by atoms with van der Waals surface area (Å²) in [6.07, 6.45) is 4.20. The molecular formula is C20H27F3O3. The van der Waals surface area contributed by atoms with Crippen LogP contribution in [0, 0.1) is 35.2 Å². The summed E-state index contributed by atoms with van der Waals surface area (Å²) in [5.74, 6) is -5.37. The van der Waals surface area contributed by atoms with E-state index in [-0.39, 0.29) is 18.1 Å². The lowest BCUT2D eigenvalue weighted by atomic mass is 9.72. The molecule has 0 radical (unpaired) electrons. The quantitative estimate of drug-likeness (QED) is 0.546. The maximum atomic E-state index is 13.5. The molecule has 2 rings (SSSR count). The molecule has 1 aromatic carbocycles. The number of hydrogen-bond acceptors (Lipinski definition) is 3. The molecule has 0 aliphatic heterocycles. The zero-order valence-corrected chi connectivity index (χ0v) is 15.3. The first-order valence-electron chi connectivity index (χ1n) is 9.38. The predicted octanol–water partition coefficient (Wildman–Crippen LogP) is 4.92. The number of esters is 1. The summed E-state index contributed by atoms with van der Waals surface area (Å²) < 4.78 is 45.4. The van der Waals surface area contributed by atoms with Crippen molar-refractivity contribution < 1.29 is 27.8 Å². The SMILES string of the molecule is CCCC1CCC(C(C(=O)OCC)C(O)c2cc(F)c(F)c(F)c2)CC1. The first kappa shape index (κ1) is 20.7. The van der Waals surface area contributed by atoms with E-state index in [1.54, 1.807) is 6.92 Å². The standard InChI is InChI=1S/C20H27F3O3/c1-3-5-12-6-8-13(9-7-12)17(20(25)26-4-2)19(24)14-10-15(21)18(23)16(22)11-14/h10-13,17,19,24H,3-9H2,1-2H3. The maximum Gasteiger partial charge on any atom is 0.312 e. The van der Waals surface area contributed by atoms with Crippen LogP contribution in [-0.4, -0.2) is 17.7 Å². The van der Waals surface area contributed by atoms with Crippen LogP contribution in [0.1, 0.15) is 64.0 Å². The van der Waals surface area contributed by atoms with Gasteiger partial charge in [0.05, 0.1) is 18.6 Å². The van der Waals surface area contributed by atoms with E-state index in [0.29, 0.717) is 5.92 Å². The third-order valence-electron chi connectivity index (χ3n) is 5.34. The summed E-state index contributed by atoms with van der Waals surface area (Å²) in [5.41, 5.74) is -0.143. The number of aliphatic hydroxyl groups excluding tert-OH is 1. The molecule has 3 nitrogen and oxygen atoms in total.